The van der Waals surface area contributed by atoms with Crippen molar-refractivity contribution >= 4 is 21.7 Å². The molecule has 0 radical (unpaired) electrons. The van der Waals surface area contributed by atoms with Crippen LogP contribution in [0, 0.1) is 6.92 Å². The van der Waals surface area contributed by atoms with Gasteiger partial charge in [0.1, 0.15) is 5.41 Å². The Kier molecular flexibility index (Phi) is 6.79. The molecule has 4 rings (SSSR count). The van der Waals surface area contributed by atoms with Crippen molar-refractivity contribution in [1.82, 2.24) is 9.62 Å². The van der Waals surface area contributed by atoms with Crippen molar-refractivity contribution < 1.29 is 18.3 Å². The largest absolute Gasteiger partial charge is 0.480 e. The van der Waals surface area contributed by atoms with Crippen LogP contribution < -0.4 is 10.2 Å². The molecule has 0 saturated carbocycles. The molecule has 2 saturated heterocycles. The van der Waals surface area contributed by atoms with Gasteiger partial charge in [-0.1, -0.05) is 25.1 Å². The number of aliphatic carboxylic acids is 1. The molecule has 2 aliphatic rings. The summed E-state index contributed by atoms with van der Waals surface area (Å²) >= 11 is 0. The predicted octanol–water partition coefficient (Wildman–Crippen LogP) is 2.97. The number of carboxylic acids is 1. The molecule has 2 aromatic rings. The molecular formula is C25H33N3O4S. The number of nitrogens with zero attached hydrogens (tertiary/aromatic N) is 2. The second-order valence-electron chi connectivity index (χ2n) is 8.94. The summed E-state index contributed by atoms with van der Waals surface area (Å²) in [6.45, 7) is 7.84. The zero-order valence-corrected chi connectivity index (χ0v) is 20.2. The Morgan fingerprint density at radius 1 is 1.03 bits per heavy atom. The van der Waals surface area contributed by atoms with Crippen molar-refractivity contribution in [2.24, 2.45) is 0 Å². The minimum absolute atomic E-state index is 0.213. The molecule has 0 aliphatic carbocycles. The van der Waals surface area contributed by atoms with E-state index in [1.54, 1.807) is 25.1 Å². The third-order valence-electron chi connectivity index (χ3n) is 7.10. The lowest BCUT2D eigenvalue weighted by atomic mass is 9.71. The Bertz CT molecular complexity index is 1100. The Morgan fingerprint density at radius 3 is 2.21 bits per heavy atom. The first kappa shape index (κ1) is 23.7. The molecule has 2 aliphatic heterocycles. The van der Waals surface area contributed by atoms with Crippen molar-refractivity contribution in [3.63, 3.8) is 0 Å². The lowest BCUT2D eigenvalue weighted by Crippen LogP contribution is -2.46. The molecule has 1 atom stereocenters. The molecule has 2 fully saturated rings. The fourth-order valence-electron chi connectivity index (χ4n) is 5.18. The maximum absolute atomic E-state index is 13.1. The van der Waals surface area contributed by atoms with Crippen LogP contribution in [0.2, 0.25) is 0 Å². The number of hydrogen-bond acceptors (Lipinski definition) is 5. The van der Waals surface area contributed by atoms with Gasteiger partial charge in [-0.25, -0.2) is 8.42 Å². The molecular weight excluding hydrogens is 438 g/mol. The molecule has 0 aromatic heterocycles. The van der Waals surface area contributed by atoms with Crippen LogP contribution in [0.4, 0.5) is 5.69 Å². The average molecular weight is 472 g/mol. The number of anilines is 1. The van der Waals surface area contributed by atoms with E-state index in [0.29, 0.717) is 49.3 Å². The lowest BCUT2D eigenvalue weighted by Gasteiger charge is -2.32. The first-order valence-electron chi connectivity index (χ1n) is 11.7. The Morgan fingerprint density at radius 2 is 1.67 bits per heavy atom. The molecule has 0 bridgehead atoms. The van der Waals surface area contributed by atoms with E-state index in [1.807, 2.05) is 31.2 Å². The molecule has 33 heavy (non-hydrogen) atoms. The number of sulfonamides is 1. The number of rotatable bonds is 7. The van der Waals surface area contributed by atoms with Crippen molar-refractivity contribution in [3.8, 4) is 0 Å². The molecule has 178 valence electrons. The third-order valence-corrected chi connectivity index (χ3v) is 8.99. The second kappa shape index (κ2) is 9.44. The number of carbonyl (C=O) groups is 1. The van der Waals surface area contributed by atoms with Gasteiger partial charge in [0, 0.05) is 45.0 Å². The van der Waals surface area contributed by atoms with Gasteiger partial charge in [-0.15, -0.1) is 0 Å². The highest BCUT2D eigenvalue weighted by Gasteiger charge is 2.42. The standard InChI is InChI=1S/C25H33N3O4S/c1-3-25(24(29)30,20-6-8-21(9-7-20)27-14-4-5-15-27)23-11-10-22(18-19(23)2)33(31,32)28-16-12-26-13-17-28/h6-11,18,26H,3-5,12-17H2,1-2H3,(H,29,30)/t25-/m0/s1. The monoisotopic (exact) mass is 471 g/mol. The molecule has 2 heterocycles. The minimum atomic E-state index is -3.61. The van der Waals surface area contributed by atoms with Gasteiger partial charge in [-0.3, -0.25) is 4.79 Å². The fraction of sp³-hybridized carbons (Fsp3) is 0.480. The summed E-state index contributed by atoms with van der Waals surface area (Å²) in [6.07, 6.45) is 2.71. The Balaban J connectivity index is 1.72. The third kappa shape index (κ3) is 4.27. The molecule has 0 spiro atoms. The average Bonchev–Trinajstić information content (AvgIpc) is 3.36. The SMILES string of the molecule is CC[C@](C(=O)O)(c1ccc(N2CCCC2)cc1)c1ccc(S(=O)(=O)N2CCNCC2)cc1C. The number of piperazine rings is 1. The van der Waals surface area contributed by atoms with E-state index in [9.17, 15) is 18.3 Å². The summed E-state index contributed by atoms with van der Waals surface area (Å²) in [5, 5.41) is 13.6. The summed E-state index contributed by atoms with van der Waals surface area (Å²) in [5.41, 5.74) is 1.87. The zero-order valence-electron chi connectivity index (χ0n) is 19.4. The number of hydrogen-bond donors (Lipinski definition) is 2. The van der Waals surface area contributed by atoms with E-state index in [1.165, 1.54) is 17.1 Å². The summed E-state index contributed by atoms with van der Waals surface area (Å²) in [4.78, 5) is 15.3. The van der Waals surface area contributed by atoms with Gasteiger partial charge in [-0.2, -0.15) is 4.31 Å². The number of aryl methyl sites for hydroxylation is 1. The van der Waals surface area contributed by atoms with E-state index >= 15 is 0 Å². The van der Waals surface area contributed by atoms with Crippen LogP contribution in [0.3, 0.4) is 0 Å². The quantitative estimate of drug-likeness (QED) is 0.645. The number of nitrogens with one attached hydrogen (secondary N) is 1. The Hall–Kier alpha value is -2.42. The highest BCUT2D eigenvalue weighted by Crippen LogP contribution is 2.39. The zero-order chi connectivity index (χ0) is 23.6. The second-order valence-corrected chi connectivity index (χ2v) is 10.9. The van der Waals surface area contributed by atoms with Crippen molar-refractivity contribution in [1.29, 1.82) is 0 Å². The van der Waals surface area contributed by atoms with Crippen LogP contribution in [-0.2, 0) is 20.2 Å². The van der Waals surface area contributed by atoms with Crippen molar-refractivity contribution in [3.05, 3.63) is 59.2 Å². The summed E-state index contributed by atoms with van der Waals surface area (Å²) in [5.74, 6) is -0.931. The number of carboxylic acid groups (broad SMARTS) is 1. The van der Waals surface area contributed by atoms with E-state index < -0.39 is 21.4 Å². The fourth-order valence-corrected chi connectivity index (χ4v) is 6.71. The first-order chi connectivity index (χ1) is 15.8. The maximum Gasteiger partial charge on any atom is 0.318 e. The first-order valence-corrected chi connectivity index (χ1v) is 13.2. The highest BCUT2D eigenvalue weighted by molar-refractivity contribution is 7.89. The highest BCUT2D eigenvalue weighted by atomic mass is 32.2. The van der Waals surface area contributed by atoms with Crippen LogP contribution in [0.1, 0.15) is 42.9 Å². The molecule has 0 unspecified atom stereocenters. The molecule has 0 amide bonds. The van der Waals surface area contributed by atoms with Crippen molar-refractivity contribution in [2.45, 2.75) is 43.4 Å². The normalized spacial score (nSPS) is 19.4. The van der Waals surface area contributed by atoms with Crippen LogP contribution in [0.25, 0.3) is 0 Å². The Labute approximate surface area is 196 Å². The van der Waals surface area contributed by atoms with Gasteiger partial charge in [0.15, 0.2) is 0 Å². The van der Waals surface area contributed by atoms with Gasteiger partial charge in [0.25, 0.3) is 0 Å². The maximum atomic E-state index is 13.1. The van der Waals surface area contributed by atoms with Gasteiger partial charge in [0.2, 0.25) is 10.0 Å². The summed E-state index contributed by atoms with van der Waals surface area (Å²) in [7, 11) is -3.61. The van der Waals surface area contributed by atoms with Gasteiger partial charge >= 0.3 is 5.97 Å². The molecule has 2 aromatic carbocycles. The predicted molar refractivity (Wildman–Crippen MR) is 129 cm³/mol. The topological polar surface area (TPSA) is 90.0 Å². The van der Waals surface area contributed by atoms with Crippen LogP contribution in [0.15, 0.2) is 47.4 Å². The lowest BCUT2D eigenvalue weighted by molar-refractivity contribution is -0.142. The van der Waals surface area contributed by atoms with E-state index in [0.717, 1.165) is 18.8 Å². The number of benzene rings is 2. The summed E-state index contributed by atoms with van der Waals surface area (Å²) in [6, 6.07) is 12.7. The van der Waals surface area contributed by atoms with Crippen molar-refractivity contribution in [2.75, 3.05) is 44.2 Å². The smallest absolute Gasteiger partial charge is 0.318 e. The van der Waals surface area contributed by atoms with Crippen LogP contribution in [0.5, 0.6) is 0 Å². The van der Waals surface area contributed by atoms with E-state index in [4.69, 9.17) is 0 Å². The van der Waals surface area contributed by atoms with E-state index in [2.05, 4.69) is 10.2 Å². The van der Waals surface area contributed by atoms with E-state index in [-0.39, 0.29) is 4.90 Å². The van der Waals surface area contributed by atoms with Crippen LogP contribution >= 0.6 is 0 Å². The molecule has 2 N–H and O–H groups in total. The van der Waals surface area contributed by atoms with Crippen LogP contribution in [-0.4, -0.2) is 63.1 Å². The minimum Gasteiger partial charge on any atom is -0.480 e. The van der Waals surface area contributed by atoms with Gasteiger partial charge in [-0.05, 0) is 67.1 Å². The van der Waals surface area contributed by atoms with Gasteiger partial charge < -0.3 is 15.3 Å². The summed E-state index contributed by atoms with van der Waals surface area (Å²) < 4.78 is 27.7. The van der Waals surface area contributed by atoms with Gasteiger partial charge in [0.05, 0.1) is 4.90 Å². The molecule has 8 heteroatoms. The molecule has 7 nitrogen and oxygen atoms in total.